The van der Waals surface area contributed by atoms with Gasteiger partial charge < -0.3 is 24.8 Å². The zero-order valence-electron chi connectivity index (χ0n) is 26.0. The molecule has 42 heavy (non-hydrogen) atoms. The number of carbonyl (C=O) groups is 2. The van der Waals surface area contributed by atoms with Crippen LogP contribution in [0.1, 0.15) is 80.8 Å². The Kier molecular flexibility index (Phi) is 11.8. The summed E-state index contributed by atoms with van der Waals surface area (Å²) in [7, 11) is 4.85. The molecular formula is C34H45N3O5. The molecule has 2 amide bonds. The number of nitrogens with zero attached hydrogens (tertiary/aromatic N) is 1. The maximum atomic E-state index is 14.2. The molecule has 8 heteroatoms. The van der Waals surface area contributed by atoms with E-state index in [4.69, 9.17) is 14.2 Å². The van der Waals surface area contributed by atoms with Gasteiger partial charge in [0.15, 0.2) is 11.5 Å². The van der Waals surface area contributed by atoms with Gasteiger partial charge in [0.25, 0.3) is 5.91 Å². The molecule has 2 atom stereocenters. The van der Waals surface area contributed by atoms with Crippen molar-refractivity contribution < 1.29 is 23.8 Å². The van der Waals surface area contributed by atoms with Gasteiger partial charge in [-0.2, -0.15) is 0 Å². The lowest BCUT2D eigenvalue weighted by molar-refractivity contribution is -0.124. The molecule has 0 fully saturated rings. The monoisotopic (exact) mass is 575 g/mol. The van der Waals surface area contributed by atoms with Crippen LogP contribution in [0.3, 0.4) is 0 Å². The first-order chi connectivity index (χ1) is 20.1. The highest BCUT2D eigenvalue weighted by Gasteiger charge is 2.40. The summed E-state index contributed by atoms with van der Waals surface area (Å²) in [6.45, 7) is 8.80. The highest BCUT2D eigenvalue weighted by molar-refractivity contribution is 5.94. The summed E-state index contributed by atoms with van der Waals surface area (Å²) in [6.07, 6.45) is 7.11. The van der Waals surface area contributed by atoms with Crippen molar-refractivity contribution in [2.45, 2.75) is 65.8 Å². The molecule has 0 spiro atoms. The Morgan fingerprint density at radius 3 is 2.17 bits per heavy atom. The summed E-state index contributed by atoms with van der Waals surface area (Å²) in [5.41, 5.74) is 2.66. The summed E-state index contributed by atoms with van der Waals surface area (Å²) >= 11 is 0. The summed E-state index contributed by atoms with van der Waals surface area (Å²) in [6, 6.07) is 14.7. The smallest absolute Gasteiger partial charge is 0.251 e. The van der Waals surface area contributed by atoms with Crippen LogP contribution in [0.5, 0.6) is 17.2 Å². The molecule has 2 unspecified atom stereocenters. The fraction of sp³-hybridized carbons (Fsp3) is 0.441. The number of benzene rings is 2. The Hall–Kier alpha value is -4.07. The average Bonchev–Trinajstić information content (AvgIpc) is 2.98. The number of rotatable bonds is 14. The predicted octanol–water partition coefficient (Wildman–Crippen LogP) is 7.00. The lowest BCUT2D eigenvalue weighted by Crippen LogP contribution is -2.38. The van der Waals surface area contributed by atoms with Crippen LogP contribution in [-0.4, -0.2) is 38.1 Å². The molecule has 3 aromatic rings. The van der Waals surface area contributed by atoms with Gasteiger partial charge in [-0.05, 0) is 53.6 Å². The second-order valence-corrected chi connectivity index (χ2v) is 11.5. The van der Waals surface area contributed by atoms with Crippen molar-refractivity contribution in [2.75, 3.05) is 26.6 Å². The molecule has 0 aliphatic rings. The fourth-order valence-electron chi connectivity index (χ4n) is 5.40. The van der Waals surface area contributed by atoms with Crippen LogP contribution in [-0.2, 0) is 11.3 Å². The van der Waals surface area contributed by atoms with Gasteiger partial charge in [0.2, 0.25) is 5.91 Å². The molecule has 0 saturated heterocycles. The zero-order valence-corrected chi connectivity index (χ0v) is 26.0. The average molecular weight is 576 g/mol. The Balaban J connectivity index is 1.91. The largest absolute Gasteiger partial charge is 0.496 e. The van der Waals surface area contributed by atoms with Crippen molar-refractivity contribution in [1.82, 2.24) is 10.3 Å². The first-order valence-electron chi connectivity index (χ1n) is 14.5. The van der Waals surface area contributed by atoms with Gasteiger partial charge in [-0.25, -0.2) is 0 Å². The van der Waals surface area contributed by atoms with E-state index in [0.717, 1.165) is 36.8 Å². The number of aromatic nitrogens is 1. The highest BCUT2D eigenvalue weighted by atomic mass is 16.5. The van der Waals surface area contributed by atoms with Crippen LogP contribution in [0.2, 0.25) is 0 Å². The van der Waals surface area contributed by atoms with E-state index in [0.29, 0.717) is 35.0 Å². The molecule has 8 nitrogen and oxygen atoms in total. The molecule has 0 bridgehead atoms. The predicted molar refractivity (Wildman–Crippen MR) is 166 cm³/mol. The minimum atomic E-state index is -0.378. The van der Waals surface area contributed by atoms with E-state index in [1.165, 1.54) is 0 Å². The third-order valence-corrected chi connectivity index (χ3v) is 7.46. The maximum Gasteiger partial charge on any atom is 0.251 e. The van der Waals surface area contributed by atoms with Crippen molar-refractivity contribution >= 4 is 17.5 Å². The lowest BCUT2D eigenvalue weighted by Gasteiger charge is -2.37. The van der Waals surface area contributed by atoms with Gasteiger partial charge in [-0.15, -0.1) is 0 Å². The maximum absolute atomic E-state index is 14.2. The number of nitrogens with one attached hydrogen (secondary N) is 2. The van der Waals surface area contributed by atoms with E-state index < -0.39 is 0 Å². The number of unbranched alkanes of at least 4 members (excludes halogenated alkanes) is 2. The Morgan fingerprint density at radius 2 is 1.55 bits per heavy atom. The number of ether oxygens (including phenoxy) is 3. The van der Waals surface area contributed by atoms with Crippen LogP contribution < -0.4 is 24.8 Å². The molecule has 1 heterocycles. The van der Waals surface area contributed by atoms with Gasteiger partial charge in [-0.1, -0.05) is 59.1 Å². The van der Waals surface area contributed by atoms with E-state index >= 15 is 0 Å². The topological polar surface area (TPSA) is 98.8 Å². The van der Waals surface area contributed by atoms with E-state index in [1.54, 1.807) is 45.9 Å². The molecule has 0 aliphatic carbocycles. The number of carbonyl (C=O) groups excluding carboxylic acids is 2. The van der Waals surface area contributed by atoms with Gasteiger partial charge in [0.1, 0.15) is 5.75 Å². The van der Waals surface area contributed by atoms with Crippen LogP contribution in [0.4, 0.5) is 5.69 Å². The number of pyridine rings is 1. The Morgan fingerprint density at radius 1 is 0.881 bits per heavy atom. The lowest BCUT2D eigenvalue weighted by atomic mass is 9.68. The minimum Gasteiger partial charge on any atom is -0.496 e. The molecule has 1 aromatic heterocycles. The minimum absolute atomic E-state index is 0.0705. The molecule has 2 aromatic carbocycles. The zero-order chi connectivity index (χ0) is 30.7. The first kappa shape index (κ1) is 32.4. The quantitative estimate of drug-likeness (QED) is 0.201. The molecule has 226 valence electrons. The molecule has 0 aliphatic heterocycles. The number of anilines is 1. The number of hydrogen-bond donors (Lipinski definition) is 2. The molecule has 0 saturated carbocycles. The SMILES string of the molecule is CCCCCC(c1cc(OC)c(OC)cc1OC)C(C(=O)Nc1cccc(CNC(=O)c2ccncc2)c1)C(C)(C)C. The van der Waals surface area contributed by atoms with Crippen molar-refractivity contribution in [1.29, 1.82) is 0 Å². The van der Waals surface area contributed by atoms with E-state index in [1.807, 2.05) is 36.4 Å². The third-order valence-electron chi connectivity index (χ3n) is 7.46. The molecule has 0 radical (unpaired) electrons. The Bertz CT molecular complexity index is 1320. The fourth-order valence-corrected chi connectivity index (χ4v) is 5.40. The van der Waals surface area contributed by atoms with Crippen LogP contribution >= 0.6 is 0 Å². The van der Waals surface area contributed by atoms with Gasteiger partial charge >= 0.3 is 0 Å². The van der Waals surface area contributed by atoms with Crippen molar-refractivity contribution in [3.8, 4) is 17.2 Å². The van der Waals surface area contributed by atoms with Crippen LogP contribution in [0.15, 0.2) is 60.9 Å². The van der Waals surface area contributed by atoms with Crippen molar-refractivity contribution in [2.24, 2.45) is 11.3 Å². The molecule has 3 rings (SSSR count). The first-order valence-corrected chi connectivity index (χ1v) is 14.5. The Labute approximate surface area is 250 Å². The van der Waals surface area contributed by atoms with E-state index in [2.05, 4.69) is 43.3 Å². The number of hydrogen-bond acceptors (Lipinski definition) is 6. The van der Waals surface area contributed by atoms with Gasteiger partial charge in [-0.3, -0.25) is 14.6 Å². The van der Waals surface area contributed by atoms with Crippen molar-refractivity contribution in [3.63, 3.8) is 0 Å². The van der Waals surface area contributed by atoms with Crippen LogP contribution in [0.25, 0.3) is 0 Å². The van der Waals surface area contributed by atoms with E-state index in [9.17, 15) is 9.59 Å². The number of amides is 2. The van der Waals surface area contributed by atoms with Gasteiger partial charge in [0, 0.05) is 41.8 Å². The summed E-state index contributed by atoms with van der Waals surface area (Å²) in [5.74, 6) is 1.09. The molecule has 2 N–H and O–H groups in total. The summed E-state index contributed by atoms with van der Waals surface area (Å²) in [4.78, 5) is 30.6. The third kappa shape index (κ3) is 8.47. The van der Waals surface area contributed by atoms with Gasteiger partial charge in [0.05, 0.1) is 27.2 Å². The normalized spacial score (nSPS) is 12.6. The summed E-state index contributed by atoms with van der Waals surface area (Å²) < 4.78 is 17.0. The second-order valence-electron chi connectivity index (χ2n) is 11.5. The number of methoxy groups -OCH3 is 3. The van der Waals surface area contributed by atoms with Crippen molar-refractivity contribution in [3.05, 3.63) is 77.6 Å². The summed E-state index contributed by atoms with van der Waals surface area (Å²) in [5, 5.41) is 6.11. The van der Waals surface area contributed by atoms with E-state index in [-0.39, 0.29) is 29.1 Å². The molecular weight excluding hydrogens is 530 g/mol. The second kappa shape index (κ2) is 15.2. The van der Waals surface area contributed by atoms with Crippen LogP contribution in [0, 0.1) is 11.3 Å². The standard InChI is InChI=1S/C34H45N3O5/c1-8-9-10-14-26(27-20-29(41-6)30(42-7)21-28(27)40-5)31(34(2,3)4)33(39)37-25-13-11-12-23(19-25)22-36-32(38)24-15-17-35-18-16-24/h11-13,15-21,26,31H,8-10,14,22H2,1-7H3,(H,36,38)(H,37,39). The highest BCUT2D eigenvalue weighted by Crippen LogP contribution is 2.47.